The Morgan fingerprint density at radius 1 is 1.19 bits per heavy atom. The van der Waals surface area contributed by atoms with Gasteiger partial charge in [0.1, 0.15) is 5.54 Å². The van der Waals surface area contributed by atoms with Crippen molar-refractivity contribution < 1.29 is 9.90 Å². The number of rotatable bonds is 2. The average molecular weight is 215 g/mol. The Bertz CT molecular complexity index is 541. The summed E-state index contributed by atoms with van der Waals surface area (Å²) in [5.74, 6) is -1.02. The van der Waals surface area contributed by atoms with Crippen molar-refractivity contribution in [1.29, 1.82) is 0 Å². The van der Waals surface area contributed by atoms with Gasteiger partial charge in [-0.1, -0.05) is 42.5 Å². The molecule has 0 aliphatic rings. The Kier molecular flexibility index (Phi) is 2.40. The highest BCUT2D eigenvalue weighted by Gasteiger charge is 2.31. The fourth-order valence-electron chi connectivity index (χ4n) is 1.79. The van der Waals surface area contributed by atoms with Crippen LogP contribution >= 0.6 is 0 Å². The van der Waals surface area contributed by atoms with E-state index >= 15 is 0 Å². The van der Waals surface area contributed by atoms with Gasteiger partial charge in [-0.3, -0.25) is 0 Å². The van der Waals surface area contributed by atoms with Crippen molar-refractivity contribution in [2.24, 2.45) is 5.73 Å². The summed E-state index contributed by atoms with van der Waals surface area (Å²) in [6, 6.07) is 13.2. The Morgan fingerprint density at radius 2 is 1.81 bits per heavy atom. The minimum Gasteiger partial charge on any atom is -0.480 e. The molecule has 0 spiro atoms. The minimum atomic E-state index is -1.36. The Morgan fingerprint density at radius 3 is 2.50 bits per heavy atom. The third-order valence-electron chi connectivity index (χ3n) is 2.79. The second kappa shape index (κ2) is 3.61. The van der Waals surface area contributed by atoms with Gasteiger partial charge in [-0.15, -0.1) is 0 Å². The van der Waals surface area contributed by atoms with Gasteiger partial charge >= 0.3 is 5.97 Å². The van der Waals surface area contributed by atoms with Gasteiger partial charge in [-0.2, -0.15) is 0 Å². The van der Waals surface area contributed by atoms with Crippen LogP contribution in [0, 0.1) is 0 Å². The fourth-order valence-corrected chi connectivity index (χ4v) is 1.79. The fraction of sp³-hybridized carbons (Fsp3) is 0.154. The highest BCUT2D eigenvalue weighted by Crippen LogP contribution is 2.26. The topological polar surface area (TPSA) is 63.3 Å². The number of benzene rings is 2. The van der Waals surface area contributed by atoms with Crippen LogP contribution in [0.5, 0.6) is 0 Å². The minimum absolute atomic E-state index is 0.637. The lowest BCUT2D eigenvalue weighted by molar-refractivity contribution is -0.142. The maximum atomic E-state index is 11.1. The number of fused-ring (bicyclic) bond motifs is 1. The van der Waals surface area contributed by atoms with Gasteiger partial charge in [0.15, 0.2) is 0 Å². The van der Waals surface area contributed by atoms with Crippen molar-refractivity contribution in [3.63, 3.8) is 0 Å². The first-order chi connectivity index (χ1) is 7.53. The molecular weight excluding hydrogens is 202 g/mol. The molecule has 1 atom stereocenters. The second-order valence-electron chi connectivity index (χ2n) is 4.03. The molecule has 2 aromatic rings. The molecule has 16 heavy (non-hydrogen) atoms. The normalized spacial score (nSPS) is 14.6. The monoisotopic (exact) mass is 215 g/mol. The van der Waals surface area contributed by atoms with E-state index in [1.165, 1.54) is 6.92 Å². The van der Waals surface area contributed by atoms with Gasteiger partial charge in [0.2, 0.25) is 0 Å². The summed E-state index contributed by atoms with van der Waals surface area (Å²) in [5.41, 5.74) is 5.12. The summed E-state index contributed by atoms with van der Waals surface area (Å²) in [5, 5.41) is 11.0. The van der Waals surface area contributed by atoms with Crippen molar-refractivity contribution in [1.82, 2.24) is 0 Å². The molecule has 0 heterocycles. The van der Waals surface area contributed by atoms with Gasteiger partial charge < -0.3 is 10.8 Å². The van der Waals surface area contributed by atoms with E-state index in [4.69, 9.17) is 10.8 Å². The van der Waals surface area contributed by atoms with Crippen LogP contribution in [-0.4, -0.2) is 11.1 Å². The number of carboxylic acids is 1. The lowest BCUT2D eigenvalue weighted by Crippen LogP contribution is -2.41. The second-order valence-corrected chi connectivity index (χ2v) is 4.03. The van der Waals surface area contributed by atoms with Crippen molar-refractivity contribution in [2.45, 2.75) is 12.5 Å². The highest BCUT2D eigenvalue weighted by molar-refractivity contribution is 5.92. The molecule has 0 fully saturated rings. The van der Waals surface area contributed by atoms with Crippen LogP contribution in [0.15, 0.2) is 42.5 Å². The molecule has 0 radical (unpaired) electrons. The third-order valence-corrected chi connectivity index (χ3v) is 2.79. The Balaban J connectivity index is 2.74. The summed E-state index contributed by atoms with van der Waals surface area (Å²) in [4.78, 5) is 11.1. The molecule has 0 aromatic heterocycles. The van der Waals surface area contributed by atoms with E-state index in [1.54, 1.807) is 6.07 Å². The summed E-state index contributed by atoms with van der Waals surface area (Å²) in [6.45, 7) is 1.51. The molecule has 1 unspecified atom stereocenters. The van der Waals surface area contributed by atoms with Gasteiger partial charge in [0.25, 0.3) is 0 Å². The molecular formula is C13H13NO2. The van der Waals surface area contributed by atoms with Gasteiger partial charge in [0, 0.05) is 0 Å². The zero-order chi connectivity index (χ0) is 11.8. The molecule has 0 aliphatic carbocycles. The quantitative estimate of drug-likeness (QED) is 0.806. The average Bonchev–Trinajstić information content (AvgIpc) is 2.28. The molecule has 0 saturated carbocycles. The lowest BCUT2D eigenvalue weighted by Gasteiger charge is -2.21. The van der Waals surface area contributed by atoms with Gasteiger partial charge in [-0.05, 0) is 23.3 Å². The van der Waals surface area contributed by atoms with Crippen molar-refractivity contribution >= 4 is 16.7 Å². The van der Waals surface area contributed by atoms with E-state index in [0.29, 0.717) is 5.56 Å². The smallest absolute Gasteiger partial charge is 0.328 e. The van der Waals surface area contributed by atoms with Crippen LogP contribution in [0.3, 0.4) is 0 Å². The van der Waals surface area contributed by atoms with Gasteiger partial charge in [0.05, 0.1) is 0 Å². The molecule has 0 saturated heterocycles. The van der Waals surface area contributed by atoms with E-state index < -0.39 is 11.5 Å². The molecule has 2 rings (SSSR count). The summed E-state index contributed by atoms with van der Waals surface area (Å²) in [6.07, 6.45) is 0. The summed E-state index contributed by atoms with van der Waals surface area (Å²) < 4.78 is 0. The zero-order valence-electron chi connectivity index (χ0n) is 8.97. The number of aliphatic carboxylic acids is 1. The highest BCUT2D eigenvalue weighted by atomic mass is 16.4. The van der Waals surface area contributed by atoms with Crippen LogP contribution in [0.25, 0.3) is 10.8 Å². The Hall–Kier alpha value is -1.87. The van der Waals surface area contributed by atoms with Crippen LogP contribution in [0.2, 0.25) is 0 Å². The van der Waals surface area contributed by atoms with Crippen molar-refractivity contribution in [3.8, 4) is 0 Å². The van der Waals surface area contributed by atoms with E-state index in [-0.39, 0.29) is 0 Å². The van der Waals surface area contributed by atoms with Crippen molar-refractivity contribution in [2.75, 3.05) is 0 Å². The number of carbonyl (C=O) groups is 1. The van der Waals surface area contributed by atoms with E-state index in [2.05, 4.69) is 0 Å². The standard InChI is InChI=1S/C13H13NO2/c1-13(14,12(15)16)11-8-4-6-9-5-2-3-7-10(9)11/h2-8H,14H2,1H3,(H,15,16). The molecule has 3 heteroatoms. The van der Waals surface area contributed by atoms with Crippen LogP contribution in [-0.2, 0) is 10.3 Å². The first-order valence-corrected chi connectivity index (χ1v) is 5.04. The Labute approximate surface area is 93.5 Å². The molecule has 0 aliphatic heterocycles. The summed E-state index contributed by atoms with van der Waals surface area (Å²) in [7, 11) is 0. The molecule has 3 N–H and O–H groups in total. The van der Waals surface area contributed by atoms with Crippen molar-refractivity contribution in [3.05, 3.63) is 48.0 Å². The molecule has 2 aromatic carbocycles. The number of nitrogens with two attached hydrogens (primary N) is 1. The first kappa shape index (κ1) is 10.6. The molecule has 0 amide bonds. The maximum absolute atomic E-state index is 11.1. The summed E-state index contributed by atoms with van der Waals surface area (Å²) >= 11 is 0. The first-order valence-electron chi connectivity index (χ1n) is 5.04. The lowest BCUT2D eigenvalue weighted by atomic mass is 9.89. The predicted molar refractivity (Wildman–Crippen MR) is 63.1 cm³/mol. The van der Waals surface area contributed by atoms with E-state index in [0.717, 1.165) is 10.8 Å². The van der Waals surface area contributed by atoms with Gasteiger partial charge in [-0.25, -0.2) is 4.79 Å². The van der Waals surface area contributed by atoms with Crippen LogP contribution in [0.4, 0.5) is 0 Å². The third kappa shape index (κ3) is 1.55. The predicted octanol–water partition coefficient (Wildman–Crippen LogP) is 2.10. The van der Waals surface area contributed by atoms with Crippen LogP contribution in [0.1, 0.15) is 12.5 Å². The number of carboxylic acid groups (broad SMARTS) is 1. The van der Waals surface area contributed by atoms with E-state index in [1.807, 2.05) is 36.4 Å². The van der Waals surface area contributed by atoms with Crippen LogP contribution < -0.4 is 5.73 Å². The molecule has 3 nitrogen and oxygen atoms in total. The SMILES string of the molecule is CC(N)(C(=O)O)c1cccc2ccccc12. The number of hydrogen-bond donors (Lipinski definition) is 2. The maximum Gasteiger partial charge on any atom is 0.328 e. The zero-order valence-corrected chi connectivity index (χ0v) is 8.97. The molecule has 82 valence electrons. The number of hydrogen-bond acceptors (Lipinski definition) is 2. The van der Waals surface area contributed by atoms with E-state index in [9.17, 15) is 4.79 Å². The largest absolute Gasteiger partial charge is 0.480 e. The molecule has 0 bridgehead atoms.